The first-order chi connectivity index (χ1) is 12.6. The van der Waals surface area contributed by atoms with Crippen molar-refractivity contribution in [1.82, 2.24) is 14.4 Å². The topological polar surface area (TPSA) is 54.8 Å². The van der Waals surface area contributed by atoms with E-state index in [2.05, 4.69) is 0 Å². The number of para-hydroxylation sites is 1. The lowest BCUT2D eigenvalue weighted by Crippen LogP contribution is -2.42. The van der Waals surface area contributed by atoms with Gasteiger partial charge in [-0.05, 0) is 53.9 Å². The van der Waals surface area contributed by atoms with E-state index in [0.29, 0.717) is 25.3 Å². The number of aromatic nitrogens is 1. The molecule has 0 atom stereocenters. The highest BCUT2D eigenvalue weighted by atomic mass is 16.6. The zero-order valence-corrected chi connectivity index (χ0v) is 17.3. The Morgan fingerprint density at radius 1 is 1.11 bits per heavy atom. The van der Waals surface area contributed by atoms with Crippen molar-refractivity contribution in [2.75, 3.05) is 33.7 Å². The summed E-state index contributed by atoms with van der Waals surface area (Å²) < 4.78 is 7.42. The number of ether oxygens (including phenoxy) is 1. The van der Waals surface area contributed by atoms with E-state index in [1.165, 1.54) is 0 Å². The largest absolute Gasteiger partial charge is 0.459 e. The van der Waals surface area contributed by atoms with Gasteiger partial charge in [0, 0.05) is 30.5 Å². The summed E-state index contributed by atoms with van der Waals surface area (Å²) in [4.78, 5) is 29.2. The molecule has 0 unspecified atom stereocenters. The van der Waals surface area contributed by atoms with Gasteiger partial charge >= 0.3 is 5.97 Å². The number of hydrogen-bond acceptors (Lipinski definition) is 4. The quantitative estimate of drug-likeness (QED) is 0.700. The van der Waals surface area contributed by atoms with Crippen LogP contribution in [0, 0.1) is 0 Å². The van der Waals surface area contributed by atoms with Gasteiger partial charge in [0.05, 0.1) is 0 Å². The van der Waals surface area contributed by atoms with E-state index in [0.717, 1.165) is 10.9 Å². The van der Waals surface area contributed by atoms with Crippen molar-refractivity contribution in [3.05, 3.63) is 36.0 Å². The molecule has 0 saturated carbocycles. The number of amides is 1. The first-order valence-corrected chi connectivity index (χ1v) is 9.36. The molecule has 0 saturated heterocycles. The highest BCUT2D eigenvalue weighted by Gasteiger charge is 2.25. The van der Waals surface area contributed by atoms with Crippen LogP contribution >= 0.6 is 0 Å². The van der Waals surface area contributed by atoms with Crippen LogP contribution in [0.3, 0.4) is 0 Å². The molecule has 6 heteroatoms. The van der Waals surface area contributed by atoms with Gasteiger partial charge < -0.3 is 19.1 Å². The van der Waals surface area contributed by atoms with E-state index >= 15 is 0 Å². The minimum absolute atomic E-state index is 0.0603. The van der Waals surface area contributed by atoms with Crippen LogP contribution in [0.25, 0.3) is 10.9 Å². The summed E-state index contributed by atoms with van der Waals surface area (Å²) in [6, 6.07) is 9.83. The van der Waals surface area contributed by atoms with Crippen LogP contribution in [0.5, 0.6) is 0 Å². The van der Waals surface area contributed by atoms with Crippen molar-refractivity contribution in [3.8, 4) is 0 Å². The molecule has 0 radical (unpaired) electrons. The molecule has 0 aliphatic heterocycles. The summed E-state index contributed by atoms with van der Waals surface area (Å²) in [5.41, 5.74) is 1.04. The Balaban J connectivity index is 2.31. The monoisotopic (exact) mass is 373 g/mol. The third-order valence-corrected chi connectivity index (χ3v) is 4.19. The summed E-state index contributed by atoms with van der Waals surface area (Å²) >= 11 is 0. The number of hydrogen-bond donors (Lipinski definition) is 0. The molecule has 1 amide bonds. The fourth-order valence-electron chi connectivity index (χ4n) is 2.99. The Morgan fingerprint density at radius 2 is 1.78 bits per heavy atom. The third-order valence-electron chi connectivity index (χ3n) is 4.19. The molecule has 2 rings (SSSR count). The molecule has 6 nitrogen and oxygen atoms in total. The van der Waals surface area contributed by atoms with E-state index in [9.17, 15) is 9.59 Å². The van der Waals surface area contributed by atoms with Gasteiger partial charge in [0.25, 0.3) is 5.91 Å². The van der Waals surface area contributed by atoms with Gasteiger partial charge in [-0.3, -0.25) is 9.59 Å². The predicted molar refractivity (Wildman–Crippen MR) is 108 cm³/mol. The number of carbonyl (C=O) groups is 2. The normalized spacial score (nSPS) is 11.8. The predicted octanol–water partition coefficient (Wildman–Crippen LogP) is 3.01. The van der Waals surface area contributed by atoms with Gasteiger partial charge in [-0.2, -0.15) is 0 Å². The van der Waals surface area contributed by atoms with Crippen molar-refractivity contribution in [1.29, 1.82) is 0 Å². The highest BCUT2D eigenvalue weighted by Crippen LogP contribution is 2.21. The second-order valence-corrected chi connectivity index (χ2v) is 7.95. The molecule has 0 bridgehead atoms. The average Bonchev–Trinajstić information content (AvgIpc) is 2.94. The Bertz CT molecular complexity index is 803. The van der Waals surface area contributed by atoms with Crippen LogP contribution in [0.4, 0.5) is 0 Å². The molecule has 1 aromatic heterocycles. The molecular weight excluding hydrogens is 342 g/mol. The number of nitrogens with zero attached hydrogens (tertiary/aromatic N) is 3. The Labute approximate surface area is 161 Å². The maximum atomic E-state index is 13.3. The molecule has 0 fully saturated rings. The van der Waals surface area contributed by atoms with Crippen LogP contribution < -0.4 is 0 Å². The second kappa shape index (κ2) is 8.57. The molecule has 1 heterocycles. The zero-order valence-electron chi connectivity index (χ0n) is 17.3. The number of fused-ring (bicyclic) bond motifs is 1. The van der Waals surface area contributed by atoms with Gasteiger partial charge in [-0.25, -0.2) is 0 Å². The lowest BCUT2D eigenvalue weighted by Gasteiger charge is -2.26. The number of likely N-dealkylation sites (N-methyl/N-ethyl adjacent to an activating group) is 1. The standard InChI is InChI=1S/C21H31N3O3/c1-7-24-17-11-9-8-10-16(17)14-18(24)20(26)23(13-12-22(5)6)15-19(25)27-21(2,3)4/h8-11,14H,7,12-13,15H2,1-6H3. The Morgan fingerprint density at radius 3 is 2.37 bits per heavy atom. The van der Waals surface area contributed by atoms with Crippen molar-refractivity contribution in [2.24, 2.45) is 0 Å². The molecule has 2 aromatic rings. The van der Waals surface area contributed by atoms with Gasteiger partial charge in [0.2, 0.25) is 0 Å². The maximum Gasteiger partial charge on any atom is 0.326 e. The fourth-order valence-corrected chi connectivity index (χ4v) is 2.99. The van der Waals surface area contributed by atoms with Gasteiger partial charge in [-0.15, -0.1) is 0 Å². The number of aryl methyl sites for hydroxylation is 1. The number of rotatable bonds is 7. The summed E-state index contributed by atoms with van der Waals surface area (Å²) in [6.45, 7) is 9.24. The SMILES string of the molecule is CCn1c(C(=O)N(CCN(C)C)CC(=O)OC(C)(C)C)cc2ccccc21. The third kappa shape index (κ3) is 5.57. The molecule has 0 N–H and O–H groups in total. The summed E-state index contributed by atoms with van der Waals surface area (Å²) in [7, 11) is 3.89. The first-order valence-electron chi connectivity index (χ1n) is 9.36. The van der Waals surface area contributed by atoms with Crippen molar-refractivity contribution in [3.63, 3.8) is 0 Å². The molecule has 0 spiro atoms. The summed E-state index contributed by atoms with van der Waals surface area (Å²) in [6.07, 6.45) is 0. The zero-order chi connectivity index (χ0) is 20.2. The smallest absolute Gasteiger partial charge is 0.326 e. The van der Waals surface area contributed by atoms with Crippen LogP contribution in [-0.2, 0) is 16.1 Å². The minimum atomic E-state index is -0.578. The molecule has 0 aliphatic rings. The first kappa shape index (κ1) is 21.0. The average molecular weight is 373 g/mol. The van der Waals surface area contributed by atoms with E-state index < -0.39 is 11.6 Å². The fraction of sp³-hybridized carbons (Fsp3) is 0.524. The van der Waals surface area contributed by atoms with Gasteiger partial charge in [0.15, 0.2) is 0 Å². The molecule has 0 aliphatic carbocycles. The van der Waals surface area contributed by atoms with Crippen LogP contribution in [0.15, 0.2) is 30.3 Å². The van der Waals surface area contributed by atoms with E-state index in [4.69, 9.17) is 4.74 Å². The van der Waals surface area contributed by atoms with E-state index in [1.54, 1.807) is 4.90 Å². The number of benzene rings is 1. The van der Waals surface area contributed by atoms with Crippen molar-refractivity contribution < 1.29 is 14.3 Å². The lowest BCUT2D eigenvalue weighted by atomic mass is 10.2. The van der Waals surface area contributed by atoms with Crippen LogP contribution in [-0.4, -0.2) is 65.6 Å². The summed E-state index contributed by atoms with van der Waals surface area (Å²) in [5.74, 6) is -0.547. The molecule has 148 valence electrons. The van der Waals surface area contributed by atoms with E-state index in [1.807, 2.05) is 81.6 Å². The van der Waals surface area contributed by atoms with Crippen LogP contribution in [0.2, 0.25) is 0 Å². The van der Waals surface area contributed by atoms with Crippen molar-refractivity contribution in [2.45, 2.75) is 39.8 Å². The van der Waals surface area contributed by atoms with Gasteiger partial charge in [-0.1, -0.05) is 18.2 Å². The van der Waals surface area contributed by atoms with Crippen molar-refractivity contribution >= 4 is 22.8 Å². The Kier molecular flexibility index (Phi) is 6.65. The van der Waals surface area contributed by atoms with Gasteiger partial charge in [0.1, 0.15) is 17.8 Å². The van der Waals surface area contributed by atoms with E-state index in [-0.39, 0.29) is 12.5 Å². The number of esters is 1. The maximum absolute atomic E-state index is 13.3. The number of carbonyl (C=O) groups excluding carboxylic acids is 2. The van der Waals surface area contributed by atoms with Crippen LogP contribution in [0.1, 0.15) is 38.2 Å². The lowest BCUT2D eigenvalue weighted by molar-refractivity contribution is -0.155. The Hall–Kier alpha value is -2.34. The molecule has 27 heavy (non-hydrogen) atoms. The molecular formula is C21H31N3O3. The summed E-state index contributed by atoms with van der Waals surface area (Å²) in [5, 5.41) is 1.02. The minimum Gasteiger partial charge on any atom is -0.459 e. The molecule has 1 aromatic carbocycles. The second-order valence-electron chi connectivity index (χ2n) is 7.95. The highest BCUT2D eigenvalue weighted by molar-refractivity contribution is 5.99.